The van der Waals surface area contributed by atoms with Crippen molar-refractivity contribution in [1.29, 1.82) is 0 Å². The highest BCUT2D eigenvalue weighted by Crippen LogP contribution is 2.39. The van der Waals surface area contributed by atoms with Gasteiger partial charge in [0.05, 0.1) is 27.3 Å². The number of nitrogens with zero attached hydrogens (tertiary/aromatic N) is 4. The van der Waals surface area contributed by atoms with Gasteiger partial charge in [0.1, 0.15) is 17.4 Å². The van der Waals surface area contributed by atoms with Gasteiger partial charge in [-0.25, -0.2) is 23.2 Å². The van der Waals surface area contributed by atoms with E-state index in [-0.39, 0.29) is 15.7 Å². The fraction of sp³-hybridized carbons (Fsp3) is 0.120. The van der Waals surface area contributed by atoms with Gasteiger partial charge in [-0.1, -0.05) is 11.6 Å². The third-order valence-electron chi connectivity index (χ3n) is 5.61. The Kier molecular flexibility index (Phi) is 7.29. The fourth-order valence-corrected chi connectivity index (χ4v) is 5.11. The Labute approximate surface area is 224 Å². The molecule has 0 fully saturated rings. The van der Waals surface area contributed by atoms with Gasteiger partial charge in [-0.3, -0.25) is 4.98 Å². The van der Waals surface area contributed by atoms with Gasteiger partial charge in [-0.15, -0.1) is 11.3 Å². The van der Waals surface area contributed by atoms with E-state index in [9.17, 15) is 13.2 Å². The number of hydrogen-bond donors (Lipinski definition) is 1. The molecule has 190 valence electrons. The van der Waals surface area contributed by atoms with Crippen LogP contribution in [0.3, 0.4) is 0 Å². The summed E-state index contributed by atoms with van der Waals surface area (Å²) in [6, 6.07) is 8.00. The minimum Gasteiger partial charge on any atom is -0.453 e. The number of nitrogens with one attached hydrogen (secondary N) is 1. The van der Waals surface area contributed by atoms with Crippen molar-refractivity contribution >= 4 is 46.3 Å². The average Bonchev–Trinajstić information content (AvgIpc) is 3.52. The molecule has 37 heavy (non-hydrogen) atoms. The van der Waals surface area contributed by atoms with Gasteiger partial charge in [0.15, 0.2) is 17.4 Å². The highest BCUT2D eigenvalue weighted by molar-refractivity contribution is 8.00. The number of halogens is 4. The van der Waals surface area contributed by atoms with Gasteiger partial charge in [0, 0.05) is 49.4 Å². The van der Waals surface area contributed by atoms with Gasteiger partial charge in [-0.05, 0) is 47.9 Å². The van der Waals surface area contributed by atoms with Gasteiger partial charge >= 0.3 is 0 Å². The van der Waals surface area contributed by atoms with Gasteiger partial charge < -0.3 is 14.5 Å². The van der Waals surface area contributed by atoms with Crippen molar-refractivity contribution < 1.29 is 17.9 Å². The first-order valence-corrected chi connectivity index (χ1v) is 13.0. The number of likely N-dealkylation sites (N-methyl/N-ethyl adjacent to an activating group) is 1. The summed E-state index contributed by atoms with van der Waals surface area (Å²) in [5.74, 6) is -1.37. The number of anilines is 1. The molecule has 0 aliphatic carbocycles. The molecule has 2 aromatic carbocycles. The van der Waals surface area contributed by atoms with Crippen LogP contribution in [0.1, 0.15) is 5.56 Å². The van der Waals surface area contributed by atoms with E-state index in [1.807, 2.05) is 30.3 Å². The van der Waals surface area contributed by atoms with Crippen molar-refractivity contribution in [3.63, 3.8) is 0 Å². The SMILES string of the molecule is CN1C=C(c2cc(-c3ccc(F)c(F)c3)ncc2Oc2cc(F)c(SNc3cscn3)cc2Cl)CN1C. The second-order valence-electron chi connectivity index (χ2n) is 8.13. The van der Waals surface area contributed by atoms with Gasteiger partial charge in [0.2, 0.25) is 0 Å². The van der Waals surface area contributed by atoms with Crippen molar-refractivity contribution in [3.8, 4) is 22.8 Å². The van der Waals surface area contributed by atoms with E-state index in [1.54, 1.807) is 17.0 Å². The van der Waals surface area contributed by atoms with Crippen LogP contribution in [0.5, 0.6) is 11.5 Å². The molecule has 0 unspecified atom stereocenters. The van der Waals surface area contributed by atoms with Crippen LogP contribution in [-0.2, 0) is 0 Å². The van der Waals surface area contributed by atoms with Crippen molar-refractivity contribution in [2.24, 2.45) is 0 Å². The molecule has 0 radical (unpaired) electrons. The van der Waals surface area contributed by atoms with Crippen molar-refractivity contribution in [2.45, 2.75) is 4.90 Å². The van der Waals surface area contributed by atoms with Crippen LogP contribution in [0.4, 0.5) is 19.0 Å². The normalized spacial score (nSPS) is 13.7. The van der Waals surface area contributed by atoms with Crippen molar-refractivity contribution in [1.82, 2.24) is 20.0 Å². The summed E-state index contributed by atoms with van der Waals surface area (Å²) < 4.78 is 51.3. The topological polar surface area (TPSA) is 53.5 Å². The molecule has 5 rings (SSSR count). The lowest BCUT2D eigenvalue weighted by Crippen LogP contribution is -2.27. The Balaban J connectivity index is 1.48. The highest BCUT2D eigenvalue weighted by atomic mass is 35.5. The Morgan fingerprint density at radius 2 is 1.86 bits per heavy atom. The molecular weight excluding hydrogens is 543 g/mol. The van der Waals surface area contributed by atoms with Crippen LogP contribution in [0.15, 0.2) is 64.6 Å². The number of rotatable bonds is 7. The monoisotopic (exact) mass is 561 g/mol. The summed E-state index contributed by atoms with van der Waals surface area (Å²) in [7, 11) is 3.82. The molecule has 0 amide bonds. The second kappa shape index (κ2) is 10.6. The zero-order valence-electron chi connectivity index (χ0n) is 19.5. The van der Waals surface area contributed by atoms with E-state index < -0.39 is 17.5 Å². The van der Waals surface area contributed by atoms with Gasteiger partial charge in [-0.2, -0.15) is 0 Å². The third kappa shape index (κ3) is 5.54. The minimum atomic E-state index is -0.967. The zero-order chi connectivity index (χ0) is 26.1. The molecular formula is C25H19ClF3N5OS2. The molecule has 0 bridgehead atoms. The molecule has 1 aliphatic rings. The lowest BCUT2D eigenvalue weighted by atomic mass is 10.0. The highest BCUT2D eigenvalue weighted by Gasteiger charge is 2.22. The molecule has 0 saturated carbocycles. The average molecular weight is 562 g/mol. The maximum absolute atomic E-state index is 14.9. The van der Waals surface area contributed by atoms with E-state index >= 15 is 0 Å². The Hall–Kier alpha value is -3.25. The molecule has 3 heterocycles. The smallest absolute Gasteiger partial charge is 0.159 e. The summed E-state index contributed by atoms with van der Waals surface area (Å²) in [4.78, 5) is 8.77. The summed E-state index contributed by atoms with van der Waals surface area (Å²) >= 11 is 8.92. The zero-order valence-corrected chi connectivity index (χ0v) is 21.9. The second-order valence-corrected chi connectivity index (χ2v) is 10.1. The molecule has 12 heteroatoms. The predicted molar refractivity (Wildman–Crippen MR) is 141 cm³/mol. The van der Waals surface area contributed by atoms with E-state index in [4.69, 9.17) is 16.3 Å². The minimum absolute atomic E-state index is 0.112. The van der Waals surface area contributed by atoms with E-state index in [2.05, 4.69) is 14.7 Å². The van der Waals surface area contributed by atoms with Crippen LogP contribution in [-0.4, -0.2) is 40.6 Å². The fourth-order valence-electron chi connectivity index (χ4n) is 3.62. The molecule has 0 saturated heterocycles. The molecule has 4 aromatic rings. The lowest BCUT2D eigenvalue weighted by molar-refractivity contribution is 0.118. The molecule has 2 aromatic heterocycles. The maximum Gasteiger partial charge on any atom is 0.159 e. The molecule has 6 nitrogen and oxygen atoms in total. The first kappa shape index (κ1) is 25.4. The van der Waals surface area contributed by atoms with Gasteiger partial charge in [0.25, 0.3) is 0 Å². The van der Waals surface area contributed by atoms with Crippen molar-refractivity contribution in [3.05, 3.63) is 87.7 Å². The standard InChI is InChI=1S/C25H19ClF3N5OS2/c1-33-10-15(11-34(33)2)16-6-21(14-3-4-18(27)19(28)5-14)30-9-23(16)35-22-8-20(29)24(7-17(22)26)37-32-25-12-36-13-31-25/h3-10,12-13,32H,11H2,1-2H3. The Morgan fingerprint density at radius 1 is 1.03 bits per heavy atom. The van der Waals surface area contributed by atoms with E-state index in [1.165, 1.54) is 35.7 Å². The first-order chi connectivity index (χ1) is 17.8. The number of benzene rings is 2. The molecule has 0 spiro atoms. The van der Waals surface area contributed by atoms with E-state index in [0.717, 1.165) is 29.7 Å². The Morgan fingerprint density at radius 3 is 2.57 bits per heavy atom. The largest absolute Gasteiger partial charge is 0.453 e. The van der Waals surface area contributed by atoms with Crippen LogP contribution >= 0.6 is 34.9 Å². The van der Waals surface area contributed by atoms with Crippen molar-refractivity contribution in [2.75, 3.05) is 25.4 Å². The van der Waals surface area contributed by atoms with Crippen LogP contribution in [0.25, 0.3) is 16.8 Å². The van der Waals surface area contributed by atoms with Crippen LogP contribution in [0, 0.1) is 17.5 Å². The number of hydrazine groups is 1. The van der Waals surface area contributed by atoms with E-state index in [0.29, 0.717) is 34.9 Å². The summed E-state index contributed by atoms with van der Waals surface area (Å²) in [5, 5.41) is 5.89. The first-order valence-electron chi connectivity index (χ1n) is 10.9. The number of hydrogen-bond acceptors (Lipinski definition) is 8. The lowest BCUT2D eigenvalue weighted by Gasteiger charge is -2.19. The third-order valence-corrected chi connectivity index (χ3v) is 7.34. The quantitative estimate of drug-likeness (QED) is 0.237. The maximum atomic E-state index is 14.9. The summed E-state index contributed by atoms with van der Waals surface area (Å²) in [5.41, 5.74) is 4.05. The number of thiazole rings is 1. The number of ether oxygens (including phenoxy) is 1. The molecule has 1 aliphatic heterocycles. The van der Waals surface area contributed by atoms with Crippen LogP contribution < -0.4 is 9.46 Å². The Bertz CT molecular complexity index is 1490. The summed E-state index contributed by atoms with van der Waals surface area (Å²) in [6.45, 7) is 0.564. The molecule has 1 N–H and O–H groups in total. The number of pyridine rings is 1. The number of aromatic nitrogens is 2. The summed E-state index contributed by atoms with van der Waals surface area (Å²) in [6.07, 6.45) is 3.38. The predicted octanol–water partition coefficient (Wildman–Crippen LogP) is 7.32. The molecule has 0 atom stereocenters. The van der Waals surface area contributed by atoms with Crippen LogP contribution in [0.2, 0.25) is 5.02 Å².